The smallest absolute Gasteiger partial charge is 0.331 e. The summed E-state index contributed by atoms with van der Waals surface area (Å²) in [5.41, 5.74) is 2.96. The fourth-order valence-electron chi connectivity index (χ4n) is 2.83. The molecule has 2 unspecified atom stereocenters. The SMILES string of the molecule is CC1CN(Cc2ccccc2)CC(C)N1[B]C(=O)NO. The van der Waals surface area contributed by atoms with Crippen molar-refractivity contribution in [1.82, 2.24) is 15.2 Å². The maximum absolute atomic E-state index is 11.3. The van der Waals surface area contributed by atoms with Crippen LogP contribution in [-0.4, -0.2) is 53.3 Å². The van der Waals surface area contributed by atoms with Gasteiger partial charge in [-0.15, -0.1) is 0 Å². The van der Waals surface area contributed by atoms with E-state index in [2.05, 4.69) is 43.0 Å². The highest BCUT2D eigenvalue weighted by molar-refractivity contribution is 6.71. The van der Waals surface area contributed by atoms with E-state index in [1.807, 2.05) is 10.9 Å². The number of carbonyl (C=O) groups excluding carboxylic acids is 1. The minimum Gasteiger partial charge on any atom is -0.331 e. The van der Waals surface area contributed by atoms with E-state index in [0.29, 0.717) is 0 Å². The van der Waals surface area contributed by atoms with Crippen LogP contribution in [0.5, 0.6) is 0 Å². The monoisotopic (exact) mass is 274 g/mol. The summed E-state index contributed by atoms with van der Waals surface area (Å²) in [4.78, 5) is 15.7. The predicted molar refractivity (Wildman–Crippen MR) is 78.6 cm³/mol. The van der Waals surface area contributed by atoms with Crippen molar-refractivity contribution < 1.29 is 10.0 Å². The van der Waals surface area contributed by atoms with Gasteiger partial charge in [0.1, 0.15) is 0 Å². The van der Waals surface area contributed by atoms with Gasteiger partial charge in [0.25, 0.3) is 0 Å². The number of rotatable bonds is 4. The summed E-state index contributed by atoms with van der Waals surface area (Å²) >= 11 is 0. The lowest BCUT2D eigenvalue weighted by Crippen LogP contribution is -2.59. The molecule has 5 nitrogen and oxygen atoms in total. The number of amides is 1. The molecule has 1 aromatic rings. The van der Waals surface area contributed by atoms with Crippen LogP contribution in [0.15, 0.2) is 30.3 Å². The van der Waals surface area contributed by atoms with Crippen LogP contribution < -0.4 is 5.48 Å². The maximum Gasteiger partial charge on any atom is 0.332 e. The van der Waals surface area contributed by atoms with Crippen LogP contribution in [-0.2, 0) is 6.54 Å². The lowest BCUT2D eigenvalue weighted by molar-refractivity contribution is 0.0945. The molecule has 0 bridgehead atoms. The number of hydrogen-bond donors (Lipinski definition) is 2. The van der Waals surface area contributed by atoms with Gasteiger partial charge < -0.3 is 4.81 Å². The van der Waals surface area contributed by atoms with Crippen LogP contribution in [0.3, 0.4) is 0 Å². The van der Waals surface area contributed by atoms with Gasteiger partial charge in [-0.2, -0.15) is 0 Å². The van der Waals surface area contributed by atoms with Gasteiger partial charge in [0.05, 0.1) is 0 Å². The number of hydroxylamine groups is 1. The number of piperazine rings is 1. The van der Waals surface area contributed by atoms with Gasteiger partial charge in [0.15, 0.2) is 0 Å². The molecule has 2 atom stereocenters. The number of benzene rings is 1. The number of nitrogens with zero attached hydrogens (tertiary/aromatic N) is 2. The molecule has 2 N–H and O–H groups in total. The molecule has 2 rings (SSSR count). The first-order chi connectivity index (χ1) is 9.60. The molecule has 1 saturated heterocycles. The Bertz CT molecular complexity index is 431. The molecule has 0 spiro atoms. The van der Waals surface area contributed by atoms with Crippen molar-refractivity contribution in [2.45, 2.75) is 32.5 Å². The molecule has 1 radical (unpaired) electrons. The van der Waals surface area contributed by atoms with Gasteiger partial charge >= 0.3 is 7.41 Å². The van der Waals surface area contributed by atoms with Crippen LogP contribution in [0.1, 0.15) is 19.4 Å². The third-order valence-electron chi connectivity index (χ3n) is 3.69. The van der Waals surface area contributed by atoms with Gasteiger partial charge in [-0.05, 0) is 19.4 Å². The average molecular weight is 274 g/mol. The summed E-state index contributed by atoms with van der Waals surface area (Å²) in [6.07, 6.45) is 0. The molecular weight excluding hydrogens is 253 g/mol. The Morgan fingerprint density at radius 2 is 1.90 bits per heavy atom. The molecule has 1 fully saturated rings. The van der Waals surface area contributed by atoms with Crippen molar-refractivity contribution >= 4 is 13.2 Å². The Morgan fingerprint density at radius 1 is 1.30 bits per heavy atom. The van der Waals surface area contributed by atoms with E-state index in [1.165, 1.54) is 13.0 Å². The molecule has 0 aliphatic carbocycles. The molecular formula is C14H21BN3O2. The van der Waals surface area contributed by atoms with Gasteiger partial charge in [0, 0.05) is 31.7 Å². The van der Waals surface area contributed by atoms with Crippen LogP contribution >= 0.6 is 0 Å². The maximum atomic E-state index is 11.3. The van der Waals surface area contributed by atoms with Crippen molar-refractivity contribution in [3.63, 3.8) is 0 Å². The third-order valence-corrected chi connectivity index (χ3v) is 3.69. The van der Waals surface area contributed by atoms with Crippen LogP contribution in [0.4, 0.5) is 4.79 Å². The Labute approximate surface area is 120 Å². The third kappa shape index (κ3) is 3.82. The van der Waals surface area contributed by atoms with Gasteiger partial charge in [-0.3, -0.25) is 14.9 Å². The fraction of sp³-hybridized carbons (Fsp3) is 0.500. The molecule has 6 heteroatoms. The van der Waals surface area contributed by atoms with Crippen molar-refractivity contribution in [3.05, 3.63) is 35.9 Å². The van der Waals surface area contributed by atoms with E-state index in [9.17, 15) is 4.79 Å². The highest BCUT2D eigenvalue weighted by Gasteiger charge is 2.31. The molecule has 20 heavy (non-hydrogen) atoms. The molecule has 1 aromatic carbocycles. The number of nitrogens with one attached hydrogen (secondary N) is 1. The topological polar surface area (TPSA) is 55.8 Å². The summed E-state index contributed by atoms with van der Waals surface area (Å²) < 4.78 is 0. The second-order valence-corrected chi connectivity index (χ2v) is 5.43. The Morgan fingerprint density at radius 3 is 2.45 bits per heavy atom. The second-order valence-electron chi connectivity index (χ2n) is 5.43. The van der Waals surface area contributed by atoms with Gasteiger partial charge in [-0.25, -0.2) is 5.48 Å². The van der Waals surface area contributed by atoms with E-state index in [0.717, 1.165) is 19.6 Å². The Hall–Kier alpha value is -1.37. The lowest BCUT2D eigenvalue weighted by atomic mass is 9.84. The average Bonchev–Trinajstić information content (AvgIpc) is 2.43. The summed E-state index contributed by atoms with van der Waals surface area (Å²) in [5, 5.41) is 8.62. The number of carbonyl (C=O) groups is 1. The molecule has 1 aliphatic heterocycles. The summed E-state index contributed by atoms with van der Waals surface area (Å²) in [5.74, 6) is -0.472. The zero-order chi connectivity index (χ0) is 14.5. The fourth-order valence-corrected chi connectivity index (χ4v) is 2.83. The zero-order valence-corrected chi connectivity index (χ0v) is 12.0. The van der Waals surface area contributed by atoms with E-state index < -0.39 is 5.81 Å². The van der Waals surface area contributed by atoms with Crippen molar-refractivity contribution in [2.24, 2.45) is 0 Å². The first kappa shape index (κ1) is 15.0. The number of hydrogen-bond acceptors (Lipinski definition) is 4. The van der Waals surface area contributed by atoms with Crippen molar-refractivity contribution in [1.29, 1.82) is 0 Å². The normalized spacial score (nSPS) is 24.4. The van der Waals surface area contributed by atoms with Gasteiger partial charge in [-0.1, -0.05) is 30.3 Å². The van der Waals surface area contributed by atoms with E-state index in [1.54, 1.807) is 5.48 Å². The summed E-state index contributed by atoms with van der Waals surface area (Å²) in [7, 11) is 1.45. The van der Waals surface area contributed by atoms with E-state index in [-0.39, 0.29) is 12.1 Å². The standard InChI is InChI=1S/C14H21BN3O2/c1-11-8-17(10-13-6-4-3-5-7-13)9-12(2)18(11)15-14(19)16-20/h3-7,11-12,20H,8-10H2,1-2H3,(H,16,19). The summed E-state index contributed by atoms with van der Waals surface area (Å²) in [6.45, 7) is 6.90. The zero-order valence-electron chi connectivity index (χ0n) is 12.0. The molecule has 107 valence electrons. The molecule has 1 heterocycles. The molecule has 0 aromatic heterocycles. The molecule has 0 saturated carbocycles. The molecule has 1 aliphatic rings. The Kier molecular flexibility index (Phi) is 5.17. The van der Waals surface area contributed by atoms with Crippen molar-refractivity contribution in [3.8, 4) is 0 Å². The lowest BCUT2D eigenvalue weighted by Gasteiger charge is -2.44. The summed E-state index contributed by atoms with van der Waals surface area (Å²) in [6, 6.07) is 10.9. The van der Waals surface area contributed by atoms with E-state index >= 15 is 0 Å². The quantitative estimate of drug-likeness (QED) is 0.493. The van der Waals surface area contributed by atoms with Gasteiger partial charge in [0.2, 0.25) is 5.81 Å². The largest absolute Gasteiger partial charge is 0.332 e. The van der Waals surface area contributed by atoms with E-state index in [4.69, 9.17) is 5.21 Å². The first-order valence-electron chi connectivity index (χ1n) is 6.93. The van der Waals surface area contributed by atoms with Crippen LogP contribution in [0, 0.1) is 0 Å². The van der Waals surface area contributed by atoms with Crippen molar-refractivity contribution in [2.75, 3.05) is 13.1 Å². The predicted octanol–water partition coefficient (Wildman–Crippen LogP) is 1.30. The first-order valence-corrected chi connectivity index (χ1v) is 6.93. The second kappa shape index (κ2) is 6.88. The minimum absolute atomic E-state index is 0.236. The Balaban J connectivity index is 1.93. The highest BCUT2D eigenvalue weighted by atomic mass is 16.5. The molecule has 1 amide bonds. The minimum atomic E-state index is -0.472. The highest BCUT2D eigenvalue weighted by Crippen LogP contribution is 2.16. The van der Waals surface area contributed by atoms with Crippen LogP contribution in [0.25, 0.3) is 0 Å². The van der Waals surface area contributed by atoms with Crippen LogP contribution in [0.2, 0.25) is 0 Å².